The zero-order chi connectivity index (χ0) is 16.1. The molecule has 0 atom stereocenters. The quantitative estimate of drug-likeness (QED) is 0.928. The van der Waals surface area contributed by atoms with Gasteiger partial charge in [0.15, 0.2) is 0 Å². The molecule has 2 fully saturated rings. The van der Waals surface area contributed by atoms with Crippen molar-refractivity contribution >= 4 is 11.8 Å². The average Bonchev–Trinajstić information content (AvgIpc) is 2.80. The molecule has 1 N–H and O–H groups in total. The Morgan fingerprint density at radius 2 is 1.61 bits per heavy atom. The molecule has 3 rings (SSSR count). The second kappa shape index (κ2) is 7.62. The van der Waals surface area contributed by atoms with Gasteiger partial charge in [-0.3, -0.25) is 9.59 Å². The summed E-state index contributed by atoms with van der Waals surface area (Å²) in [7, 11) is 0. The summed E-state index contributed by atoms with van der Waals surface area (Å²) in [4.78, 5) is 26.3. The van der Waals surface area contributed by atoms with Gasteiger partial charge in [0.05, 0.1) is 0 Å². The van der Waals surface area contributed by atoms with E-state index in [0.717, 1.165) is 49.9 Å². The van der Waals surface area contributed by atoms with E-state index in [1.54, 1.807) is 0 Å². The normalized spacial score (nSPS) is 18.9. The van der Waals surface area contributed by atoms with Crippen molar-refractivity contribution in [3.8, 4) is 0 Å². The molecule has 124 valence electrons. The molecule has 1 heterocycles. The molecule has 4 nitrogen and oxygen atoms in total. The fourth-order valence-electron chi connectivity index (χ4n) is 3.23. The van der Waals surface area contributed by atoms with Gasteiger partial charge in [0.2, 0.25) is 5.91 Å². The summed E-state index contributed by atoms with van der Waals surface area (Å²) >= 11 is 0. The summed E-state index contributed by atoms with van der Waals surface area (Å²) in [5, 5.41) is 2.99. The van der Waals surface area contributed by atoms with Crippen molar-refractivity contribution in [3.63, 3.8) is 0 Å². The third-order valence-electron chi connectivity index (χ3n) is 5.04. The smallest absolute Gasteiger partial charge is 0.253 e. The first-order chi connectivity index (χ1) is 11.2. The average molecular weight is 314 g/mol. The minimum atomic E-state index is 0.136. The molecular formula is C19H26N2O2. The van der Waals surface area contributed by atoms with Crippen LogP contribution in [0.15, 0.2) is 24.3 Å². The van der Waals surface area contributed by atoms with E-state index in [1.807, 2.05) is 29.2 Å². The van der Waals surface area contributed by atoms with E-state index in [2.05, 4.69) is 5.32 Å². The molecule has 1 aromatic rings. The lowest BCUT2D eigenvalue weighted by atomic mass is 9.85. The maximum absolute atomic E-state index is 12.5. The molecule has 1 aliphatic carbocycles. The maximum Gasteiger partial charge on any atom is 0.253 e. The Labute approximate surface area is 138 Å². The van der Waals surface area contributed by atoms with Gasteiger partial charge < -0.3 is 10.2 Å². The molecule has 0 aromatic heterocycles. The van der Waals surface area contributed by atoms with Gasteiger partial charge >= 0.3 is 0 Å². The Morgan fingerprint density at radius 3 is 2.17 bits per heavy atom. The molecule has 1 saturated carbocycles. The summed E-state index contributed by atoms with van der Waals surface area (Å²) in [6.45, 7) is 2.30. The number of nitrogens with one attached hydrogen (secondary N) is 1. The number of rotatable bonds is 4. The monoisotopic (exact) mass is 314 g/mol. The highest BCUT2D eigenvalue weighted by atomic mass is 16.2. The van der Waals surface area contributed by atoms with Crippen LogP contribution in [0.2, 0.25) is 0 Å². The van der Waals surface area contributed by atoms with Crippen LogP contribution in [0, 0.1) is 5.92 Å². The van der Waals surface area contributed by atoms with Crippen LogP contribution in [0.5, 0.6) is 0 Å². The second-order valence-electron chi connectivity index (χ2n) is 6.75. The summed E-state index contributed by atoms with van der Waals surface area (Å²) in [5.74, 6) is 0.525. The zero-order valence-electron chi connectivity index (χ0n) is 13.7. The van der Waals surface area contributed by atoms with E-state index in [1.165, 1.54) is 19.3 Å². The van der Waals surface area contributed by atoms with E-state index in [9.17, 15) is 9.59 Å². The van der Waals surface area contributed by atoms with Crippen LogP contribution in [0.3, 0.4) is 0 Å². The largest absolute Gasteiger partial charge is 0.352 e. The van der Waals surface area contributed by atoms with Crippen molar-refractivity contribution in [1.29, 1.82) is 0 Å². The van der Waals surface area contributed by atoms with E-state index in [4.69, 9.17) is 0 Å². The van der Waals surface area contributed by atoms with Crippen molar-refractivity contribution < 1.29 is 9.59 Å². The lowest BCUT2D eigenvalue weighted by molar-refractivity contribution is -0.127. The fourth-order valence-corrected chi connectivity index (χ4v) is 3.23. The maximum atomic E-state index is 12.5. The second-order valence-corrected chi connectivity index (χ2v) is 6.75. The Bertz CT molecular complexity index is 541. The number of hydrogen-bond donors (Lipinski definition) is 1. The number of carbonyl (C=O) groups is 2. The fraction of sp³-hybridized carbons (Fsp3) is 0.579. The molecule has 2 amide bonds. The highest BCUT2D eigenvalue weighted by Crippen LogP contribution is 2.26. The van der Waals surface area contributed by atoms with E-state index >= 15 is 0 Å². The minimum absolute atomic E-state index is 0.136. The van der Waals surface area contributed by atoms with Crippen molar-refractivity contribution in [2.75, 3.05) is 13.1 Å². The first kappa shape index (κ1) is 16.0. The lowest BCUT2D eigenvalue weighted by Gasteiger charge is -2.24. The highest BCUT2D eigenvalue weighted by molar-refractivity contribution is 5.94. The van der Waals surface area contributed by atoms with Gasteiger partial charge in [-0.25, -0.2) is 0 Å². The predicted molar refractivity (Wildman–Crippen MR) is 90.0 cm³/mol. The first-order valence-electron chi connectivity index (χ1n) is 8.90. The highest BCUT2D eigenvalue weighted by Gasteiger charge is 2.24. The van der Waals surface area contributed by atoms with Gasteiger partial charge in [0, 0.05) is 31.1 Å². The van der Waals surface area contributed by atoms with Crippen LogP contribution >= 0.6 is 0 Å². The molecule has 4 heteroatoms. The molecule has 0 spiro atoms. The van der Waals surface area contributed by atoms with Crippen molar-refractivity contribution in [1.82, 2.24) is 10.2 Å². The standard InChI is InChI=1S/C19H26N2O2/c22-18(16-6-5-7-16)20-14-15-8-10-17(11-9-15)19(23)21-12-3-1-2-4-13-21/h8-11,16H,1-7,12-14H2,(H,20,22). The van der Waals surface area contributed by atoms with Crippen LogP contribution in [-0.4, -0.2) is 29.8 Å². The molecule has 0 bridgehead atoms. The summed E-state index contributed by atoms with van der Waals surface area (Å²) < 4.78 is 0. The van der Waals surface area contributed by atoms with Gasteiger partial charge in [0.25, 0.3) is 5.91 Å². The number of nitrogens with zero attached hydrogens (tertiary/aromatic N) is 1. The van der Waals surface area contributed by atoms with Crippen molar-refractivity contribution in [3.05, 3.63) is 35.4 Å². The molecular weight excluding hydrogens is 288 g/mol. The third kappa shape index (κ3) is 4.12. The molecule has 1 aromatic carbocycles. The lowest BCUT2D eigenvalue weighted by Crippen LogP contribution is -2.34. The van der Waals surface area contributed by atoms with E-state index < -0.39 is 0 Å². The SMILES string of the molecule is O=C(NCc1ccc(C(=O)N2CCCCCC2)cc1)C1CCC1. The number of amides is 2. The van der Waals surface area contributed by atoms with Gasteiger partial charge in [-0.15, -0.1) is 0 Å². The molecule has 1 aliphatic heterocycles. The van der Waals surface area contributed by atoms with Crippen LogP contribution in [-0.2, 0) is 11.3 Å². The molecule has 23 heavy (non-hydrogen) atoms. The molecule has 1 saturated heterocycles. The Morgan fingerprint density at radius 1 is 0.957 bits per heavy atom. The van der Waals surface area contributed by atoms with E-state index in [0.29, 0.717) is 6.54 Å². The summed E-state index contributed by atoms with van der Waals surface area (Å²) in [5.41, 5.74) is 1.80. The van der Waals surface area contributed by atoms with Crippen molar-refractivity contribution in [2.24, 2.45) is 5.92 Å². The third-order valence-corrected chi connectivity index (χ3v) is 5.04. The molecule has 0 radical (unpaired) electrons. The van der Waals surface area contributed by atoms with Crippen LogP contribution in [0.1, 0.15) is 60.9 Å². The van der Waals surface area contributed by atoms with Gasteiger partial charge in [-0.05, 0) is 43.4 Å². The van der Waals surface area contributed by atoms with E-state index in [-0.39, 0.29) is 17.7 Å². The first-order valence-corrected chi connectivity index (χ1v) is 8.90. The number of hydrogen-bond acceptors (Lipinski definition) is 2. The van der Waals surface area contributed by atoms with Gasteiger partial charge in [0.1, 0.15) is 0 Å². The molecule has 0 unspecified atom stereocenters. The van der Waals surface area contributed by atoms with Crippen molar-refractivity contribution in [2.45, 2.75) is 51.5 Å². The van der Waals surface area contributed by atoms with Crippen LogP contribution < -0.4 is 5.32 Å². The number of likely N-dealkylation sites (tertiary alicyclic amines) is 1. The Balaban J connectivity index is 1.53. The van der Waals surface area contributed by atoms with Gasteiger partial charge in [-0.1, -0.05) is 31.4 Å². The topological polar surface area (TPSA) is 49.4 Å². The zero-order valence-corrected chi connectivity index (χ0v) is 13.7. The van der Waals surface area contributed by atoms with Crippen LogP contribution in [0.4, 0.5) is 0 Å². The Hall–Kier alpha value is -1.84. The minimum Gasteiger partial charge on any atom is -0.352 e. The Kier molecular flexibility index (Phi) is 5.31. The summed E-state index contributed by atoms with van der Waals surface area (Å²) in [6, 6.07) is 7.67. The molecule has 2 aliphatic rings. The number of carbonyl (C=O) groups excluding carboxylic acids is 2. The summed E-state index contributed by atoms with van der Waals surface area (Å²) in [6.07, 6.45) is 7.89. The van der Waals surface area contributed by atoms with Gasteiger partial charge in [-0.2, -0.15) is 0 Å². The number of benzene rings is 1. The van der Waals surface area contributed by atoms with Crippen LogP contribution in [0.25, 0.3) is 0 Å². The predicted octanol–water partition coefficient (Wildman–Crippen LogP) is 3.12.